The predicted molar refractivity (Wildman–Crippen MR) is 84.2 cm³/mol. The second-order valence-corrected chi connectivity index (χ2v) is 6.68. The molecule has 0 bridgehead atoms. The maximum Gasteiger partial charge on any atom is 0.294 e. The molecule has 1 saturated heterocycles. The first-order valence-electron chi connectivity index (χ1n) is 7.30. The molecule has 0 aromatic heterocycles. The van der Waals surface area contributed by atoms with E-state index in [4.69, 9.17) is 19.8 Å². The molecule has 0 spiro atoms. The van der Waals surface area contributed by atoms with Crippen LogP contribution in [0, 0.1) is 6.92 Å². The minimum absolute atomic E-state index is 0.0187. The van der Waals surface area contributed by atoms with Gasteiger partial charge in [-0.25, -0.2) is 0 Å². The molecule has 1 aliphatic rings. The number of nitrogens with two attached hydrogens (primary N) is 1. The molecule has 7 heteroatoms. The number of hydrogen-bond acceptors (Lipinski definition) is 5. The van der Waals surface area contributed by atoms with Gasteiger partial charge >= 0.3 is 0 Å². The van der Waals surface area contributed by atoms with Crippen molar-refractivity contribution < 1.29 is 22.4 Å². The third kappa shape index (κ3) is 6.41. The Hall–Kier alpha value is -0.990. The van der Waals surface area contributed by atoms with Crippen LogP contribution in [0.2, 0.25) is 0 Å². The van der Waals surface area contributed by atoms with Crippen LogP contribution in [-0.4, -0.2) is 38.0 Å². The average molecular weight is 331 g/mol. The minimum Gasteiger partial charge on any atom is -0.353 e. The Bertz CT molecular complexity index is 544. The van der Waals surface area contributed by atoms with Crippen molar-refractivity contribution in [2.75, 3.05) is 6.61 Å². The highest BCUT2D eigenvalue weighted by Crippen LogP contribution is 2.18. The van der Waals surface area contributed by atoms with Crippen molar-refractivity contribution in [2.45, 2.75) is 56.9 Å². The van der Waals surface area contributed by atoms with E-state index in [1.54, 1.807) is 12.1 Å². The van der Waals surface area contributed by atoms with Crippen LogP contribution in [0.4, 0.5) is 0 Å². The monoisotopic (exact) mass is 331 g/mol. The van der Waals surface area contributed by atoms with Gasteiger partial charge in [0.15, 0.2) is 6.29 Å². The van der Waals surface area contributed by atoms with Gasteiger partial charge in [0.05, 0.1) is 11.0 Å². The van der Waals surface area contributed by atoms with Crippen LogP contribution < -0.4 is 5.73 Å². The number of hydrogen-bond donors (Lipinski definition) is 2. The number of rotatable bonds is 3. The lowest BCUT2D eigenvalue weighted by atomic mass is 10.0. The van der Waals surface area contributed by atoms with Crippen molar-refractivity contribution in [3.63, 3.8) is 0 Å². The van der Waals surface area contributed by atoms with Crippen molar-refractivity contribution in [3.05, 3.63) is 29.8 Å². The van der Waals surface area contributed by atoms with Crippen LogP contribution in [0.3, 0.4) is 0 Å². The molecular weight excluding hydrogens is 306 g/mol. The summed E-state index contributed by atoms with van der Waals surface area (Å²) in [5.41, 5.74) is 6.71. The van der Waals surface area contributed by atoms with Gasteiger partial charge in [0.2, 0.25) is 0 Å². The molecule has 1 fully saturated rings. The van der Waals surface area contributed by atoms with E-state index in [1.807, 2.05) is 20.8 Å². The zero-order valence-corrected chi connectivity index (χ0v) is 14.0. The Kier molecular flexibility index (Phi) is 7.44. The molecule has 1 aromatic carbocycles. The second-order valence-electron chi connectivity index (χ2n) is 5.26. The van der Waals surface area contributed by atoms with Crippen LogP contribution in [0.15, 0.2) is 29.2 Å². The van der Waals surface area contributed by atoms with Gasteiger partial charge in [0.25, 0.3) is 10.1 Å². The predicted octanol–water partition coefficient (Wildman–Crippen LogP) is 2.12. The van der Waals surface area contributed by atoms with Crippen LogP contribution in [0.25, 0.3) is 0 Å². The summed E-state index contributed by atoms with van der Waals surface area (Å²) in [7, 11) is -4.02. The molecule has 3 unspecified atom stereocenters. The van der Waals surface area contributed by atoms with Crippen molar-refractivity contribution in [1.82, 2.24) is 0 Å². The fraction of sp³-hybridized carbons (Fsp3) is 0.600. The number of ether oxygens (including phenoxy) is 2. The smallest absolute Gasteiger partial charge is 0.294 e. The highest BCUT2D eigenvalue weighted by molar-refractivity contribution is 7.85. The molecule has 0 saturated carbocycles. The SMILES string of the molecule is CCOC1CCC(N)C(C)O1.Cc1ccc(S(=O)(=O)O)cc1. The summed E-state index contributed by atoms with van der Waals surface area (Å²) in [5, 5.41) is 0. The summed E-state index contributed by atoms with van der Waals surface area (Å²) < 4.78 is 40.4. The Morgan fingerprint density at radius 3 is 2.36 bits per heavy atom. The minimum atomic E-state index is -4.02. The normalized spacial score (nSPS) is 25.2. The summed E-state index contributed by atoms with van der Waals surface area (Å²) in [6.45, 7) is 6.53. The van der Waals surface area contributed by atoms with E-state index in [0.717, 1.165) is 18.4 Å². The van der Waals surface area contributed by atoms with Crippen LogP contribution in [0.5, 0.6) is 0 Å². The van der Waals surface area contributed by atoms with E-state index >= 15 is 0 Å². The van der Waals surface area contributed by atoms with E-state index < -0.39 is 10.1 Å². The third-order valence-corrected chi connectivity index (χ3v) is 4.24. The van der Waals surface area contributed by atoms with E-state index in [1.165, 1.54) is 12.1 Å². The second kappa shape index (κ2) is 8.59. The first kappa shape index (κ1) is 19.1. The van der Waals surface area contributed by atoms with Crippen LogP contribution >= 0.6 is 0 Å². The van der Waals surface area contributed by atoms with Gasteiger partial charge < -0.3 is 15.2 Å². The van der Waals surface area contributed by atoms with Gasteiger partial charge in [-0.15, -0.1) is 0 Å². The van der Waals surface area contributed by atoms with Crippen LogP contribution in [0.1, 0.15) is 32.3 Å². The Morgan fingerprint density at radius 2 is 1.91 bits per heavy atom. The maximum atomic E-state index is 10.5. The molecule has 3 atom stereocenters. The lowest BCUT2D eigenvalue weighted by Crippen LogP contribution is -2.43. The summed E-state index contributed by atoms with van der Waals surface area (Å²) in [6, 6.07) is 6.17. The number of benzene rings is 1. The molecule has 0 radical (unpaired) electrons. The van der Waals surface area contributed by atoms with Gasteiger partial charge in [-0.1, -0.05) is 17.7 Å². The fourth-order valence-electron chi connectivity index (χ4n) is 1.99. The molecule has 126 valence electrons. The molecule has 1 aliphatic heterocycles. The van der Waals surface area contributed by atoms with Crippen LogP contribution in [-0.2, 0) is 19.6 Å². The molecule has 2 rings (SSSR count). The molecular formula is C15H25NO5S. The summed E-state index contributed by atoms with van der Waals surface area (Å²) in [4.78, 5) is -0.0666. The zero-order chi connectivity index (χ0) is 16.8. The molecule has 6 nitrogen and oxygen atoms in total. The summed E-state index contributed by atoms with van der Waals surface area (Å²) in [5.74, 6) is 0. The van der Waals surface area contributed by atoms with Gasteiger partial charge in [-0.05, 0) is 45.7 Å². The highest BCUT2D eigenvalue weighted by atomic mass is 32.2. The van der Waals surface area contributed by atoms with Crippen molar-refractivity contribution >= 4 is 10.1 Å². The summed E-state index contributed by atoms with van der Waals surface area (Å²) >= 11 is 0. The average Bonchev–Trinajstić information content (AvgIpc) is 2.43. The summed E-state index contributed by atoms with van der Waals surface area (Å²) in [6.07, 6.45) is 2.06. The fourth-order valence-corrected chi connectivity index (χ4v) is 2.47. The number of aryl methyl sites for hydroxylation is 1. The Morgan fingerprint density at radius 1 is 1.32 bits per heavy atom. The maximum absolute atomic E-state index is 10.5. The zero-order valence-electron chi connectivity index (χ0n) is 13.2. The third-order valence-electron chi connectivity index (χ3n) is 3.38. The molecule has 22 heavy (non-hydrogen) atoms. The Balaban J connectivity index is 0.000000220. The largest absolute Gasteiger partial charge is 0.353 e. The van der Waals surface area contributed by atoms with Crippen molar-refractivity contribution in [3.8, 4) is 0 Å². The quantitative estimate of drug-likeness (QED) is 0.823. The van der Waals surface area contributed by atoms with E-state index in [2.05, 4.69) is 0 Å². The van der Waals surface area contributed by atoms with Gasteiger partial charge in [-0.3, -0.25) is 4.55 Å². The van der Waals surface area contributed by atoms with Crippen molar-refractivity contribution in [1.29, 1.82) is 0 Å². The van der Waals surface area contributed by atoms with Gasteiger partial charge in [-0.2, -0.15) is 8.42 Å². The lowest BCUT2D eigenvalue weighted by Gasteiger charge is -2.31. The van der Waals surface area contributed by atoms with E-state index in [9.17, 15) is 8.42 Å². The molecule has 3 N–H and O–H groups in total. The molecule has 0 amide bonds. The van der Waals surface area contributed by atoms with Crippen molar-refractivity contribution in [2.24, 2.45) is 5.73 Å². The van der Waals surface area contributed by atoms with Gasteiger partial charge in [0.1, 0.15) is 0 Å². The topological polar surface area (TPSA) is 98.9 Å². The highest BCUT2D eigenvalue weighted by Gasteiger charge is 2.25. The Labute approximate surface area is 132 Å². The standard InChI is InChI=1S/C8H17NO2.C7H8O3S/c1-3-10-8-5-4-7(9)6(2)11-8;1-6-2-4-7(5-3-6)11(8,9)10/h6-8H,3-5,9H2,1-2H3;2-5H,1H3,(H,8,9,10). The molecule has 0 aliphatic carbocycles. The molecule has 1 heterocycles. The first-order chi connectivity index (χ1) is 10.2. The van der Waals surface area contributed by atoms with Gasteiger partial charge in [0, 0.05) is 12.6 Å². The van der Waals surface area contributed by atoms with E-state index in [-0.39, 0.29) is 23.3 Å². The molecule has 1 aromatic rings. The first-order valence-corrected chi connectivity index (χ1v) is 8.74. The lowest BCUT2D eigenvalue weighted by molar-refractivity contribution is -0.191. The van der Waals surface area contributed by atoms with E-state index in [0.29, 0.717) is 6.61 Å².